The number of carbonyl (C=O) groups is 1. The molecule has 0 unspecified atom stereocenters. The number of rotatable bonds is 9. The number of carbonyl (C=O) groups excluding carboxylic acids is 1. The number of para-hydroxylation sites is 1. The fourth-order valence-corrected chi connectivity index (χ4v) is 2.89. The molecular formula is C19H23BrN2O3. The number of nitrogen functional groups attached to an aromatic ring is 1. The Hall–Kier alpha value is -2.21. The van der Waals surface area contributed by atoms with Crippen LogP contribution in [-0.2, 0) is 17.8 Å². The highest BCUT2D eigenvalue weighted by Gasteiger charge is 2.16. The number of benzene rings is 2. The first-order valence-electron chi connectivity index (χ1n) is 8.15. The van der Waals surface area contributed by atoms with Gasteiger partial charge in [-0.25, -0.2) is 0 Å². The highest BCUT2D eigenvalue weighted by atomic mass is 79.9. The van der Waals surface area contributed by atoms with Crippen molar-refractivity contribution in [3.8, 4) is 11.5 Å². The number of hydrogen-bond donors (Lipinski definition) is 2. The average molecular weight is 407 g/mol. The zero-order valence-corrected chi connectivity index (χ0v) is 16.1. The number of aldehydes is 1. The van der Waals surface area contributed by atoms with E-state index in [1.807, 2.05) is 30.3 Å². The fourth-order valence-electron chi connectivity index (χ4n) is 2.47. The molecule has 0 spiro atoms. The lowest BCUT2D eigenvalue weighted by atomic mass is 10.1. The molecule has 0 saturated carbocycles. The fraction of sp³-hybridized carbons (Fsp3) is 0.316. The van der Waals surface area contributed by atoms with Gasteiger partial charge < -0.3 is 25.3 Å². The van der Waals surface area contributed by atoms with Gasteiger partial charge in [-0.05, 0) is 34.5 Å². The van der Waals surface area contributed by atoms with Crippen LogP contribution in [0.2, 0.25) is 0 Å². The third-order valence-electron chi connectivity index (χ3n) is 3.77. The van der Waals surface area contributed by atoms with Crippen LogP contribution in [0.3, 0.4) is 0 Å². The molecule has 0 amide bonds. The summed E-state index contributed by atoms with van der Waals surface area (Å²) in [5, 5.41) is 3.29. The molecule has 2 aromatic rings. The molecule has 2 rings (SSSR count). The summed E-state index contributed by atoms with van der Waals surface area (Å²) >= 11 is 3.55. The summed E-state index contributed by atoms with van der Waals surface area (Å²) in [4.78, 5) is 10.8. The van der Waals surface area contributed by atoms with Crippen molar-refractivity contribution in [3.05, 3.63) is 45.9 Å². The smallest absolute Gasteiger partial charge is 0.144 e. The van der Waals surface area contributed by atoms with E-state index in [1.54, 1.807) is 7.11 Å². The zero-order chi connectivity index (χ0) is 18.2. The van der Waals surface area contributed by atoms with Crippen LogP contribution in [0, 0.1) is 0 Å². The Labute approximate surface area is 156 Å². The predicted molar refractivity (Wildman–Crippen MR) is 104 cm³/mol. The third kappa shape index (κ3) is 4.66. The van der Waals surface area contributed by atoms with Crippen LogP contribution in [-0.4, -0.2) is 19.9 Å². The molecule has 0 heterocycles. The molecule has 0 saturated heterocycles. The molecule has 3 N–H and O–H groups in total. The second kappa shape index (κ2) is 9.32. The van der Waals surface area contributed by atoms with Crippen molar-refractivity contribution in [1.82, 2.24) is 0 Å². The van der Waals surface area contributed by atoms with Gasteiger partial charge in [-0.3, -0.25) is 0 Å². The molecule has 0 aliphatic rings. The van der Waals surface area contributed by atoms with Gasteiger partial charge in [0.15, 0.2) is 0 Å². The largest absolute Gasteiger partial charge is 0.494 e. The lowest BCUT2D eigenvalue weighted by Gasteiger charge is -2.18. The maximum Gasteiger partial charge on any atom is 0.144 e. The highest BCUT2D eigenvalue weighted by Crippen LogP contribution is 2.39. The van der Waals surface area contributed by atoms with E-state index in [4.69, 9.17) is 15.2 Å². The molecule has 134 valence electrons. The van der Waals surface area contributed by atoms with Gasteiger partial charge in [-0.1, -0.05) is 25.1 Å². The van der Waals surface area contributed by atoms with E-state index in [2.05, 4.69) is 28.2 Å². The summed E-state index contributed by atoms with van der Waals surface area (Å²) in [5.74, 6) is 1.36. The lowest BCUT2D eigenvalue weighted by Crippen LogP contribution is -2.08. The number of nitrogens with two attached hydrogens (primary N) is 1. The second-order valence-corrected chi connectivity index (χ2v) is 6.33. The van der Waals surface area contributed by atoms with Gasteiger partial charge in [-0.2, -0.15) is 0 Å². The Morgan fingerprint density at radius 3 is 2.68 bits per heavy atom. The topological polar surface area (TPSA) is 73.6 Å². The van der Waals surface area contributed by atoms with Crippen LogP contribution in [0.15, 0.2) is 34.8 Å². The quantitative estimate of drug-likeness (QED) is 0.482. The van der Waals surface area contributed by atoms with Gasteiger partial charge >= 0.3 is 0 Å². The minimum absolute atomic E-state index is 0.311. The molecule has 0 radical (unpaired) electrons. The minimum atomic E-state index is 0.311. The summed E-state index contributed by atoms with van der Waals surface area (Å²) in [5.41, 5.74) is 9.35. The van der Waals surface area contributed by atoms with E-state index < -0.39 is 0 Å². The van der Waals surface area contributed by atoms with Gasteiger partial charge in [0, 0.05) is 28.6 Å². The zero-order valence-electron chi connectivity index (χ0n) is 14.5. The molecule has 0 aliphatic carbocycles. The lowest BCUT2D eigenvalue weighted by molar-refractivity contribution is -0.107. The first kappa shape index (κ1) is 19.1. The van der Waals surface area contributed by atoms with E-state index in [9.17, 15) is 4.79 Å². The van der Waals surface area contributed by atoms with Crippen LogP contribution in [0.4, 0.5) is 11.4 Å². The van der Waals surface area contributed by atoms with Crippen molar-refractivity contribution in [2.45, 2.75) is 26.4 Å². The summed E-state index contributed by atoms with van der Waals surface area (Å²) < 4.78 is 12.2. The molecule has 2 aromatic carbocycles. The summed E-state index contributed by atoms with van der Waals surface area (Å²) in [7, 11) is 1.61. The normalized spacial score (nSPS) is 10.4. The van der Waals surface area contributed by atoms with Gasteiger partial charge in [-0.15, -0.1) is 0 Å². The van der Waals surface area contributed by atoms with Crippen LogP contribution < -0.4 is 20.5 Å². The van der Waals surface area contributed by atoms with Crippen molar-refractivity contribution in [3.63, 3.8) is 0 Å². The molecule has 0 atom stereocenters. The van der Waals surface area contributed by atoms with Crippen LogP contribution >= 0.6 is 15.9 Å². The van der Waals surface area contributed by atoms with Crippen LogP contribution in [0.25, 0.3) is 0 Å². The molecule has 0 aliphatic heterocycles. The summed E-state index contributed by atoms with van der Waals surface area (Å²) in [6.45, 7) is 3.21. The number of nitrogens with one attached hydrogen (secondary N) is 1. The minimum Gasteiger partial charge on any atom is -0.494 e. The van der Waals surface area contributed by atoms with Crippen molar-refractivity contribution in [2.75, 3.05) is 24.7 Å². The first-order chi connectivity index (χ1) is 12.1. The van der Waals surface area contributed by atoms with Crippen molar-refractivity contribution in [2.24, 2.45) is 0 Å². The average Bonchev–Trinajstić information content (AvgIpc) is 2.63. The first-order valence-corrected chi connectivity index (χ1v) is 8.94. The Balaban J connectivity index is 2.25. The number of anilines is 2. The number of methoxy groups -OCH3 is 1. The molecule has 5 nitrogen and oxygen atoms in total. The molecule has 6 heteroatoms. The summed E-state index contributed by atoms with van der Waals surface area (Å²) in [6, 6.07) is 9.40. The molecule has 25 heavy (non-hydrogen) atoms. The van der Waals surface area contributed by atoms with E-state index in [0.717, 1.165) is 40.5 Å². The van der Waals surface area contributed by atoms with Crippen LogP contribution in [0.5, 0.6) is 11.5 Å². The van der Waals surface area contributed by atoms with E-state index in [-0.39, 0.29) is 0 Å². The highest BCUT2D eigenvalue weighted by molar-refractivity contribution is 9.10. The number of halogens is 1. The van der Waals surface area contributed by atoms with Gasteiger partial charge in [0.1, 0.15) is 30.1 Å². The van der Waals surface area contributed by atoms with E-state index in [1.165, 1.54) is 0 Å². The number of ether oxygens (including phenoxy) is 2. The standard InChI is InChI=1S/C19H23BrN2O3/c1-3-9-22-19-16(24-2)11-14(17(20)18(19)21)12-25-15-7-5-4-6-13(15)8-10-23/h4-7,10-11,22H,3,8-9,12,21H2,1-2H3. The SMILES string of the molecule is CCCNc1c(OC)cc(COc2ccccc2CC=O)c(Br)c1N. The van der Waals surface area contributed by atoms with E-state index in [0.29, 0.717) is 30.2 Å². The van der Waals surface area contributed by atoms with E-state index >= 15 is 0 Å². The second-order valence-electron chi connectivity index (χ2n) is 5.53. The van der Waals surface area contributed by atoms with Gasteiger partial charge in [0.2, 0.25) is 0 Å². The van der Waals surface area contributed by atoms with Crippen LogP contribution in [0.1, 0.15) is 24.5 Å². The van der Waals surface area contributed by atoms with Crippen molar-refractivity contribution >= 4 is 33.6 Å². The molecular weight excluding hydrogens is 384 g/mol. The number of hydrogen-bond acceptors (Lipinski definition) is 5. The maximum absolute atomic E-state index is 10.8. The summed E-state index contributed by atoms with van der Waals surface area (Å²) in [6.07, 6.45) is 2.18. The Morgan fingerprint density at radius 2 is 2.00 bits per heavy atom. The van der Waals surface area contributed by atoms with Crippen molar-refractivity contribution < 1.29 is 14.3 Å². The maximum atomic E-state index is 10.8. The van der Waals surface area contributed by atoms with Crippen molar-refractivity contribution in [1.29, 1.82) is 0 Å². The Kier molecular flexibility index (Phi) is 7.13. The third-order valence-corrected chi connectivity index (χ3v) is 4.71. The predicted octanol–water partition coefficient (Wildman–Crippen LogP) is 4.18. The molecule has 0 bridgehead atoms. The van der Waals surface area contributed by atoms with Gasteiger partial charge in [0.25, 0.3) is 0 Å². The molecule has 0 aromatic heterocycles. The molecule has 0 fully saturated rings. The Morgan fingerprint density at radius 1 is 1.24 bits per heavy atom. The van der Waals surface area contributed by atoms with Gasteiger partial charge in [0.05, 0.1) is 12.8 Å². The monoisotopic (exact) mass is 406 g/mol. The Bertz CT molecular complexity index is 735.